The van der Waals surface area contributed by atoms with Crippen molar-refractivity contribution in [2.24, 2.45) is 0 Å². The molecule has 0 radical (unpaired) electrons. The highest BCUT2D eigenvalue weighted by Gasteiger charge is 2.39. The van der Waals surface area contributed by atoms with E-state index in [1.165, 1.54) is 0 Å². The Bertz CT molecular complexity index is 167. The van der Waals surface area contributed by atoms with Crippen LogP contribution in [0, 0.1) is 0 Å². The number of hydrogen-bond acceptors (Lipinski definition) is 3. The second-order valence-corrected chi connectivity index (χ2v) is 3.19. The molecule has 2 unspecified atom stereocenters. The average molecular weight is 159 g/mol. The summed E-state index contributed by atoms with van der Waals surface area (Å²) in [4.78, 5) is 10.5. The van der Waals surface area contributed by atoms with Gasteiger partial charge in [-0.05, 0) is 26.3 Å². The van der Waals surface area contributed by atoms with Crippen molar-refractivity contribution in [1.82, 2.24) is 5.32 Å². The molecule has 0 saturated carbocycles. The van der Waals surface area contributed by atoms with Crippen LogP contribution < -0.4 is 5.32 Å². The minimum Gasteiger partial charge on any atom is -0.480 e. The van der Waals surface area contributed by atoms with Crippen molar-refractivity contribution < 1.29 is 15.0 Å². The van der Waals surface area contributed by atoms with Crippen LogP contribution in [0.4, 0.5) is 0 Å². The largest absolute Gasteiger partial charge is 0.480 e. The van der Waals surface area contributed by atoms with Gasteiger partial charge in [-0.15, -0.1) is 0 Å². The summed E-state index contributed by atoms with van der Waals surface area (Å²) in [5.74, 6) is -0.977. The lowest BCUT2D eigenvalue weighted by Crippen LogP contribution is -2.57. The van der Waals surface area contributed by atoms with E-state index >= 15 is 0 Å². The van der Waals surface area contributed by atoms with Crippen LogP contribution in [-0.2, 0) is 4.79 Å². The molecule has 0 aromatic rings. The number of aliphatic hydroxyl groups is 1. The van der Waals surface area contributed by atoms with Gasteiger partial charge in [-0.1, -0.05) is 0 Å². The zero-order valence-corrected chi connectivity index (χ0v) is 6.50. The Kier molecular flexibility index (Phi) is 2.15. The van der Waals surface area contributed by atoms with Crippen molar-refractivity contribution in [2.45, 2.75) is 31.4 Å². The monoisotopic (exact) mass is 159 g/mol. The van der Waals surface area contributed by atoms with Crippen LogP contribution in [0.1, 0.15) is 19.8 Å². The Morgan fingerprint density at radius 3 is 2.73 bits per heavy atom. The predicted octanol–water partition coefficient (Wildman–Crippen LogP) is -0.426. The fraction of sp³-hybridized carbons (Fsp3) is 0.857. The summed E-state index contributed by atoms with van der Waals surface area (Å²) in [5.41, 5.74) is -1.09. The van der Waals surface area contributed by atoms with Crippen molar-refractivity contribution in [3.8, 4) is 0 Å². The first-order valence-electron chi connectivity index (χ1n) is 3.72. The molecule has 2 atom stereocenters. The van der Waals surface area contributed by atoms with Crippen LogP contribution in [0.25, 0.3) is 0 Å². The molecule has 1 saturated heterocycles. The van der Waals surface area contributed by atoms with Crippen LogP contribution in [-0.4, -0.2) is 34.4 Å². The van der Waals surface area contributed by atoms with Gasteiger partial charge < -0.3 is 15.5 Å². The van der Waals surface area contributed by atoms with E-state index in [1.807, 2.05) is 0 Å². The van der Waals surface area contributed by atoms with Gasteiger partial charge >= 0.3 is 5.97 Å². The van der Waals surface area contributed by atoms with Gasteiger partial charge in [0.1, 0.15) is 6.04 Å². The lowest BCUT2D eigenvalue weighted by molar-refractivity contribution is -0.148. The third kappa shape index (κ3) is 1.70. The van der Waals surface area contributed by atoms with Crippen molar-refractivity contribution in [2.75, 3.05) is 6.54 Å². The highest BCUT2D eigenvalue weighted by Crippen LogP contribution is 2.20. The molecule has 64 valence electrons. The maximum absolute atomic E-state index is 10.5. The number of rotatable bonds is 1. The van der Waals surface area contributed by atoms with E-state index in [0.29, 0.717) is 13.0 Å². The van der Waals surface area contributed by atoms with Crippen LogP contribution in [0.3, 0.4) is 0 Å². The normalized spacial score (nSPS) is 38.5. The van der Waals surface area contributed by atoms with E-state index in [2.05, 4.69) is 5.32 Å². The van der Waals surface area contributed by atoms with Crippen LogP contribution in [0.2, 0.25) is 0 Å². The minimum atomic E-state index is -1.09. The minimum absolute atomic E-state index is 0.553. The van der Waals surface area contributed by atoms with E-state index in [9.17, 15) is 9.90 Å². The summed E-state index contributed by atoms with van der Waals surface area (Å²) >= 11 is 0. The van der Waals surface area contributed by atoms with Gasteiger partial charge in [-0.25, -0.2) is 0 Å². The Hall–Kier alpha value is -0.610. The van der Waals surface area contributed by atoms with Gasteiger partial charge in [0.05, 0.1) is 5.60 Å². The lowest BCUT2D eigenvalue weighted by atomic mass is 9.88. The molecule has 4 nitrogen and oxygen atoms in total. The zero-order valence-electron chi connectivity index (χ0n) is 6.50. The molecule has 0 bridgehead atoms. The summed E-state index contributed by atoms with van der Waals surface area (Å²) in [6.45, 7) is 2.23. The molecule has 0 aromatic heterocycles. The first-order valence-corrected chi connectivity index (χ1v) is 3.72. The lowest BCUT2D eigenvalue weighted by Gasteiger charge is -2.34. The van der Waals surface area contributed by atoms with E-state index in [4.69, 9.17) is 5.11 Å². The molecule has 3 N–H and O–H groups in total. The number of hydrogen-bond donors (Lipinski definition) is 3. The van der Waals surface area contributed by atoms with E-state index in [-0.39, 0.29) is 0 Å². The van der Waals surface area contributed by atoms with Gasteiger partial charge in [0, 0.05) is 0 Å². The van der Waals surface area contributed by atoms with E-state index in [0.717, 1.165) is 6.42 Å². The second kappa shape index (κ2) is 2.79. The van der Waals surface area contributed by atoms with Crippen molar-refractivity contribution >= 4 is 5.97 Å². The fourth-order valence-corrected chi connectivity index (χ4v) is 1.41. The van der Waals surface area contributed by atoms with Crippen molar-refractivity contribution in [3.05, 3.63) is 0 Å². The Labute approximate surface area is 65.2 Å². The second-order valence-electron chi connectivity index (χ2n) is 3.19. The first kappa shape index (κ1) is 8.49. The number of carboxylic acids is 1. The molecule has 0 aliphatic carbocycles. The van der Waals surface area contributed by atoms with Gasteiger partial charge in [0.25, 0.3) is 0 Å². The standard InChI is InChI=1S/C7H13NO3/c1-7(11)3-2-4-8-5(7)6(9)10/h5,8,11H,2-4H2,1H3,(H,9,10). The summed E-state index contributed by atoms with van der Waals surface area (Å²) in [6.07, 6.45) is 1.38. The van der Waals surface area contributed by atoms with Gasteiger partial charge in [-0.3, -0.25) is 4.79 Å². The molecule has 1 fully saturated rings. The summed E-state index contributed by atoms with van der Waals surface area (Å²) in [6, 6.07) is -0.809. The molecule has 1 heterocycles. The van der Waals surface area contributed by atoms with Gasteiger partial charge in [0.15, 0.2) is 0 Å². The number of carboxylic acid groups (broad SMARTS) is 1. The molecule has 1 aliphatic heterocycles. The predicted molar refractivity (Wildman–Crippen MR) is 39.3 cm³/mol. The zero-order chi connectivity index (χ0) is 8.48. The number of carbonyl (C=O) groups is 1. The Balaban J connectivity index is 2.67. The molecular formula is C7H13NO3. The van der Waals surface area contributed by atoms with Crippen molar-refractivity contribution in [1.29, 1.82) is 0 Å². The Morgan fingerprint density at radius 2 is 2.36 bits per heavy atom. The highest BCUT2D eigenvalue weighted by molar-refractivity contribution is 5.75. The van der Waals surface area contributed by atoms with E-state index in [1.54, 1.807) is 6.92 Å². The van der Waals surface area contributed by atoms with Crippen LogP contribution >= 0.6 is 0 Å². The molecule has 0 aromatic carbocycles. The molecule has 1 rings (SSSR count). The molecule has 11 heavy (non-hydrogen) atoms. The van der Waals surface area contributed by atoms with Crippen LogP contribution in [0.15, 0.2) is 0 Å². The fourth-order valence-electron chi connectivity index (χ4n) is 1.41. The van der Waals surface area contributed by atoms with Gasteiger partial charge in [-0.2, -0.15) is 0 Å². The van der Waals surface area contributed by atoms with Gasteiger partial charge in [0.2, 0.25) is 0 Å². The number of aliphatic carboxylic acids is 1. The molecule has 1 aliphatic rings. The third-order valence-corrected chi connectivity index (χ3v) is 2.08. The maximum atomic E-state index is 10.5. The first-order chi connectivity index (χ1) is 5.04. The summed E-state index contributed by atoms with van der Waals surface area (Å²) in [7, 11) is 0. The topological polar surface area (TPSA) is 69.6 Å². The summed E-state index contributed by atoms with van der Waals surface area (Å²) in [5, 5.41) is 21.0. The average Bonchev–Trinajstić information content (AvgIpc) is 1.85. The van der Waals surface area contributed by atoms with E-state index < -0.39 is 17.6 Å². The number of nitrogens with one attached hydrogen (secondary N) is 1. The summed E-state index contributed by atoms with van der Waals surface area (Å²) < 4.78 is 0. The smallest absolute Gasteiger partial charge is 0.323 e. The molecule has 4 heteroatoms. The molecule has 0 amide bonds. The Morgan fingerprint density at radius 1 is 1.73 bits per heavy atom. The van der Waals surface area contributed by atoms with Crippen molar-refractivity contribution in [3.63, 3.8) is 0 Å². The quantitative estimate of drug-likeness (QED) is 0.485. The third-order valence-electron chi connectivity index (χ3n) is 2.08. The SMILES string of the molecule is CC1(O)CCCNC1C(=O)O. The molecule has 0 spiro atoms. The molecular weight excluding hydrogens is 146 g/mol. The highest BCUT2D eigenvalue weighted by atomic mass is 16.4. The number of piperidine rings is 1. The van der Waals surface area contributed by atoms with Crippen LogP contribution in [0.5, 0.6) is 0 Å². The maximum Gasteiger partial charge on any atom is 0.323 e.